The van der Waals surface area contributed by atoms with Gasteiger partial charge in [-0.25, -0.2) is 14.6 Å². The van der Waals surface area contributed by atoms with Crippen molar-refractivity contribution in [2.75, 3.05) is 16.4 Å². The standard InChI is InChI=1S/C31H24N2O7S/c1-2-39-28-21-22(18-19-27(28)40-41(37,38)25-16-10-5-11-17-25)20-26-29(34)32(23-12-6-3-7-13-23)31(36)33(30(26)35)24-14-8-4-9-15-24/h3-21H,2H2,1H3. The highest BCUT2D eigenvalue weighted by atomic mass is 32.2. The summed E-state index contributed by atoms with van der Waals surface area (Å²) in [4.78, 5) is 42.5. The van der Waals surface area contributed by atoms with Crippen LogP contribution in [-0.4, -0.2) is 32.9 Å². The van der Waals surface area contributed by atoms with Gasteiger partial charge in [0.2, 0.25) is 0 Å². The fourth-order valence-electron chi connectivity index (χ4n) is 4.21. The quantitative estimate of drug-likeness (QED) is 0.158. The molecular weight excluding hydrogens is 544 g/mol. The molecular formula is C31H24N2O7S. The summed E-state index contributed by atoms with van der Waals surface area (Å²) in [5, 5.41) is 0. The van der Waals surface area contributed by atoms with Crippen molar-refractivity contribution in [3.63, 3.8) is 0 Å². The lowest BCUT2D eigenvalue weighted by molar-refractivity contribution is -0.121. The van der Waals surface area contributed by atoms with E-state index in [4.69, 9.17) is 8.92 Å². The van der Waals surface area contributed by atoms with E-state index in [9.17, 15) is 22.8 Å². The third-order valence-corrected chi connectivity index (χ3v) is 7.34. The fraction of sp³-hybridized carbons (Fsp3) is 0.0645. The van der Waals surface area contributed by atoms with Crippen molar-refractivity contribution in [3.8, 4) is 11.5 Å². The van der Waals surface area contributed by atoms with Gasteiger partial charge in [-0.05, 0) is 67.1 Å². The van der Waals surface area contributed by atoms with E-state index in [-0.39, 0.29) is 28.6 Å². The summed E-state index contributed by atoms with van der Waals surface area (Å²) in [6.07, 6.45) is 1.33. The van der Waals surface area contributed by atoms with Crippen LogP contribution in [0.25, 0.3) is 6.08 Å². The molecule has 1 aliphatic rings. The summed E-state index contributed by atoms with van der Waals surface area (Å²) in [5.41, 5.74) is 0.675. The molecule has 1 fully saturated rings. The zero-order valence-corrected chi connectivity index (χ0v) is 22.7. The van der Waals surface area contributed by atoms with E-state index in [2.05, 4.69) is 0 Å². The van der Waals surface area contributed by atoms with Crippen LogP contribution < -0.4 is 18.7 Å². The first-order chi connectivity index (χ1) is 19.8. The molecule has 4 amide bonds. The highest BCUT2D eigenvalue weighted by Crippen LogP contribution is 2.34. The number of ether oxygens (including phenoxy) is 1. The van der Waals surface area contributed by atoms with Gasteiger partial charge in [0.15, 0.2) is 11.5 Å². The number of urea groups is 1. The van der Waals surface area contributed by atoms with E-state index in [0.29, 0.717) is 16.9 Å². The number of benzene rings is 4. The number of amides is 4. The minimum atomic E-state index is -4.15. The van der Waals surface area contributed by atoms with Crippen LogP contribution in [0.2, 0.25) is 0 Å². The van der Waals surface area contributed by atoms with Crippen LogP contribution in [0.5, 0.6) is 11.5 Å². The number of nitrogens with zero attached hydrogens (tertiary/aromatic N) is 2. The van der Waals surface area contributed by atoms with Crippen molar-refractivity contribution in [3.05, 3.63) is 120 Å². The van der Waals surface area contributed by atoms with Crippen molar-refractivity contribution < 1.29 is 31.7 Å². The Hall–Kier alpha value is -5.22. The minimum absolute atomic E-state index is 0.0290. The number of carbonyl (C=O) groups is 3. The van der Waals surface area contributed by atoms with Gasteiger partial charge in [0, 0.05) is 0 Å². The third-order valence-electron chi connectivity index (χ3n) is 6.09. The first-order valence-electron chi connectivity index (χ1n) is 12.6. The second-order valence-corrected chi connectivity index (χ2v) is 10.3. The van der Waals surface area contributed by atoms with E-state index < -0.39 is 28.0 Å². The number of imide groups is 2. The molecule has 1 aliphatic heterocycles. The molecule has 0 aliphatic carbocycles. The summed E-state index contributed by atoms with van der Waals surface area (Å²) in [6.45, 7) is 1.91. The molecule has 1 saturated heterocycles. The van der Waals surface area contributed by atoms with Gasteiger partial charge in [0.25, 0.3) is 11.8 Å². The van der Waals surface area contributed by atoms with E-state index in [1.165, 1.54) is 36.4 Å². The maximum absolute atomic E-state index is 13.6. The van der Waals surface area contributed by atoms with Crippen molar-refractivity contribution in [2.45, 2.75) is 11.8 Å². The lowest BCUT2D eigenvalue weighted by Crippen LogP contribution is -2.57. The molecule has 0 aromatic heterocycles. The van der Waals surface area contributed by atoms with Crippen molar-refractivity contribution >= 4 is 45.4 Å². The van der Waals surface area contributed by atoms with Gasteiger partial charge >= 0.3 is 16.1 Å². The Kier molecular flexibility index (Phi) is 7.66. The largest absolute Gasteiger partial charge is 0.490 e. The first-order valence-corrected chi connectivity index (χ1v) is 14.0. The van der Waals surface area contributed by atoms with Gasteiger partial charge in [0.1, 0.15) is 10.5 Å². The normalized spacial score (nSPS) is 13.8. The second-order valence-electron chi connectivity index (χ2n) is 8.78. The average Bonchev–Trinajstić information content (AvgIpc) is 2.98. The van der Waals surface area contributed by atoms with Crippen molar-refractivity contribution in [2.24, 2.45) is 0 Å². The fourth-order valence-corrected chi connectivity index (χ4v) is 5.17. The van der Waals surface area contributed by atoms with Crippen LogP contribution in [0, 0.1) is 0 Å². The van der Waals surface area contributed by atoms with E-state index in [1.54, 1.807) is 85.8 Å². The SMILES string of the molecule is CCOc1cc(C=C2C(=O)N(c3ccccc3)C(=O)N(c3ccccc3)C2=O)ccc1OS(=O)(=O)c1ccccc1. The van der Waals surface area contributed by atoms with Crippen LogP contribution >= 0.6 is 0 Å². The smallest absolute Gasteiger partial charge is 0.343 e. The number of rotatable bonds is 8. The Bertz CT molecular complexity index is 1680. The summed E-state index contributed by atoms with van der Waals surface area (Å²) in [5.74, 6) is -1.58. The number of barbiturate groups is 1. The van der Waals surface area contributed by atoms with Gasteiger partial charge in [-0.15, -0.1) is 0 Å². The third kappa shape index (κ3) is 5.59. The molecule has 0 unspecified atom stereocenters. The van der Waals surface area contributed by atoms with Crippen LogP contribution in [0.1, 0.15) is 12.5 Å². The molecule has 1 heterocycles. The Morgan fingerprint density at radius 3 is 1.71 bits per heavy atom. The molecule has 10 heteroatoms. The molecule has 206 valence electrons. The number of carbonyl (C=O) groups excluding carboxylic acids is 3. The summed E-state index contributed by atoms with van der Waals surface area (Å²) in [6, 6.07) is 27.8. The van der Waals surface area contributed by atoms with Crippen molar-refractivity contribution in [1.29, 1.82) is 0 Å². The summed E-state index contributed by atoms with van der Waals surface area (Å²) >= 11 is 0. The molecule has 5 rings (SSSR count). The van der Waals surface area contributed by atoms with E-state index in [0.717, 1.165) is 9.80 Å². The topological polar surface area (TPSA) is 110 Å². The number of anilines is 2. The predicted octanol–water partition coefficient (Wildman–Crippen LogP) is 5.44. The van der Waals surface area contributed by atoms with Gasteiger partial charge in [-0.1, -0.05) is 60.7 Å². The summed E-state index contributed by atoms with van der Waals surface area (Å²) in [7, 11) is -4.15. The molecule has 0 bridgehead atoms. The highest BCUT2D eigenvalue weighted by molar-refractivity contribution is 7.87. The van der Waals surface area contributed by atoms with E-state index >= 15 is 0 Å². The van der Waals surface area contributed by atoms with Crippen LogP contribution in [0.15, 0.2) is 120 Å². The molecule has 9 nitrogen and oxygen atoms in total. The molecule has 0 spiro atoms. The molecule has 0 radical (unpaired) electrons. The van der Waals surface area contributed by atoms with Crippen LogP contribution in [0.3, 0.4) is 0 Å². The minimum Gasteiger partial charge on any atom is -0.490 e. The number of hydrogen-bond donors (Lipinski definition) is 0. The molecule has 0 N–H and O–H groups in total. The maximum atomic E-state index is 13.6. The zero-order valence-electron chi connectivity index (χ0n) is 21.8. The molecule has 4 aromatic rings. The Morgan fingerprint density at radius 2 is 1.20 bits per heavy atom. The lowest BCUT2D eigenvalue weighted by atomic mass is 10.0. The average molecular weight is 569 g/mol. The Balaban J connectivity index is 1.56. The Morgan fingerprint density at radius 1 is 0.683 bits per heavy atom. The lowest BCUT2D eigenvalue weighted by Gasteiger charge is -2.33. The van der Waals surface area contributed by atoms with Crippen molar-refractivity contribution in [1.82, 2.24) is 0 Å². The molecule has 4 aromatic carbocycles. The molecule has 0 atom stereocenters. The van der Waals surface area contributed by atoms with E-state index in [1.807, 2.05) is 0 Å². The second kappa shape index (κ2) is 11.5. The van der Waals surface area contributed by atoms with Gasteiger partial charge in [-0.2, -0.15) is 8.42 Å². The zero-order chi connectivity index (χ0) is 29.0. The number of hydrogen-bond acceptors (Lipinski definition) is 7. The van der Waals surface area contributed by atoms with Crippen LogP contribution in [-0.2, 0) is 19.7 Å². The molecule has 41 heavy (non-hydrogen) atoms. The first kappa shape index (κ1) is 27.4. The maximum Gasteiger partial charge on any atom is 0.343 e. The molecule has 0 saturated carbocycles. The number of para-hydroxylation sites is 2. The predicted molar refractivity (Wildman–Crippen MR) is 153 cm³/mol. The van der Waals surface area contributed by atoms with Gasteiger partial charge in [-0.3, -0.25) is 9.59 Å². The highest BCUT2D eigenvalue weighted by Gasteiger charge is 2.43. The summed E-state index contributed by atoms with van der Waals surface area (Å²) < 4.78 is 36.6. The monoisotopic (exact) mass is 568 g/mol. The van der Waals surface area contributed by atoms with Gasteiger partial charge < -0.3 is 8.92 Å². The van der Waals surface area contributed by atoms with Gasteiger partial charge in [0.05, 0.1) is 18.0 Å². The van der Waals surface area contributed by atoms with Crippen LogP contribution in [0.4, 0.5) is 16.2 Å². The Labute approximate surface area is 237 Å².